The quantitative estimate of drug-likeness (QED) is 0.453. The Labute approximate surface area is 180 Å². The van der Waals surface area contributed by atoms with Crippen molar-refractivity contribution in [2.45, 2.75) is 32.6 Å². The molecule has 2 aromatic carbocycles. The Morgan fingerprint density at radius 1 is 1.24 bits per heavy atom. The molecule has 0 amide bonds. The number of ether oxygens (including phenoxy) is 1. The first-order valence-electron chi connectivity index (χ1n) is 10.1. The van der Waals surface area contributed by atoms with Crippen molar-refractivity contribution in [3.05, 3.63) is 52.5 Å². The van der Waals surface area contributed by atoms with Crippen LogP contribution in [0.3, 0.4) is 0 Å². The van der Waals surface area contributed by atoms with Crippen LogP contribution in [0.15, 0.2) is 36.4 Å². The molecule has 4 nitrogen and oxygen atoms in total. The summed E-state index contributed by atoms with van der Waals surface area (Å²) in [4.78, 5) is 17.9. The van der Waals surface area contributed by atoms with Gasteiger partial charge < -0.3 is 14.4 Å². The minimum atomic E-state index is 0.438. The molecular weight excluding hydrogens is 404 g/mol. The summed E-state index contributed by atoms with van der Waals surface area (Å²) in [5.74, 6) is 1.57. The molecule has 1 saturated heterocycles. The van der Waals surface area contributed by atoms with E-state index in [1.807, 2.05) is 43.3 Å². The van der Waals surface area contributed by atoms with Gasteiger partial charge in [-0.15, -0.1) is 0 Å². The van der Waals surface area contributed by atoms with Gasteiger partial charge in [0.2, 0.25) is 0 Å². The molecule has 0 atom stereocenters. The minimum Gasteiger partial charge on any atom is -0.493 e. The lowest BCUT2D eigenvalue weighted by atomic mass is 9.94. The molecule has 1 fully saturated rings. The molecule has 2 heterocycles. The number of thiazole rings is 1. The van der Waals surface area contributed by atoms with Crippen molar-refractivity contribution in [2.24, 2.45) is 5.92 Å². The van der Waals surface area contributed by atoms with Crippen molar-refractivity contribution in [3.8, 4) is 5.75 Å². The van der Waals surface area contributed by atoms with Crippen LogP contribution in [0.25, 0.3) is 10.2 Å². The van der Waals surface area contributed by atoms with Crippen LogP contribution in [0.1, 0.15) is 30.4 Å². The van der Waals surface area contributed by atoms with E-state index in [1.54, 1.807) is 11.3 Å². The van der Waals surface area contributed by atoms with Gasteiger partial charge in [-0.2, -0.15) is 0 Å². The number of hydrogen-bond acceptors (Lipinski definition) is 5. The van der Waals surface area contributed by atoms with E-state index in [2.05, 4.69) is 4.90 Å². The minimum absolute atomic E-state index is 0.438. The molecular formula is C23H25ClN2O2S. The van der Waals surface area contributed by atoms with Crippen molar-refractivity contribution in [1.29, 1.82) is 0 Å². The summed E-state index contributed by atoms with van der Waals surface area (Å²) >= 11 is 7.82. The molecule has 1 aliphatic rings. The number of benzene rings is 2. The van der Waals surface area contributed by atoms with Gasteiger partial charge in [-0.05, 0) is 67.5 Å². The molecule has 3 aromatic rings. The Balaban J connectivity index is 1.28. The number of aldehydes is 1. The number of fused-ring (bicyclic) bond motifs is 1. The van der Waals surface area contributed by atoms with Crippen LogP contribution in [0.2, 0.25) is 5.02 Å². The van der Waals surface area contributed by atoms with E-state index < -0.39 is 0 Å². The third-order valence-corrected chi connectivity index (χ3v) is 6.89. The maximum absolute atomic E-state index is 10.7. The monoisotopic (exact) mass is 428 g/mol. The fourth-order valence-electron chi connectivity index (χ4n) is 3.79. The molecule has 6 heteroatoms. The second-order valence-corrected chi connectivity index (χ2v) is 9.09. The molecule has 0 saturated carbocycles. The number of carbonyl (C=O) groups excluding carboxylic acids is 1. The van der Waals surface area contributed by atoms with Gasteiger partial charge in [-0.25, -0.2) is 4.98 Å². The lowest BCUT2D eigenvalue weighted by molar-refractivity contribution is -0.107. The van der Waals surface area contributed by atoms with Crippen LogP contribution in [0, 0.1) is 12.8 Å². The summed E-state index contributed by atoms with van der Waals surface area (Å²) in [5.41, 5.74) is 3.15. The summed E-state index contributed by atoms with van der Waals surface area (Å²) in [6.45, 7) is 4.83. The van der Waals surface area contributed by atoms with E-state index in [9.17, 15) is 4.79 Å². The van der Waals surface area contributed by atoms with Crippen LogP contribution in [0.4, 0.5) is 5.13 Å². The van der Waals surface area contributed by atoms with E-state index in [0.717, 1.165) is 82.5 Å². The van der Waals surface area contributed by atoms with Crippen molar-refractivity contribution >= 4 is 44.6 Å². The molecule has 1 aromatic heterocycles. The first-order chi connectivity index (χ1) is 14.1. The summed E-state index contributed by atoms with van der Waals surface area (Å²) in [6.07, 6.45) is 4.74. The van der Waals surface area contributed by atoms with Gasteiger partial charge in [0.1, 0.15) is 12.0 Å². The average Bonchev–Trinajstić information content (AvgIpc) is 3.14. The van der Waals surface area contributed by atoms with Gasteiger partial charge in [0.25, 0.3) is 0 Å². The number of hydrogen-bond donors (Lipinski definition) is 0. The van der Waals surface area contributed by atoms with Gasteiger partial charge in [-0.3, -0.25) is 0 Å². The number of aromatic nitrogens is 1. The number of anilines is 1. The molecule has 0 unspecified atom stereocenters. The SMILES string of the molecule is Cc1ccc(CC=O)cc1OCCC1CCN(c2nc3ccc(Cl)cc3s2)CC1. The third-order valence-electron chi connectivity index (χ3n) is 5.58. The highest BCUT2D eigenvalue weighted by molar-refractivity contribution is 7.22. The number of piperidine rings is 1. The van der Waals surface area contributed by atoms with Gasteiger partial charge in [0.15, 0.2) is 5.13 Å². The van der Waals surface area contributed by atoms with Gasteiger partial charge in [0.05, 0.1) is 16.8 Å². The molecule has 4 rings (SSSR count). The molecule has 0 spiro atoms. The maximum Gasteiger partial charge on any atom is 0.186 e. The lowest BCUT2D eigenvalue weighted by Gasteiger charge is -2.31. The first-order valence-corrected chi connectivity index (χ1v) is 11.3. The largest absolute Gasteiger partial charge is 0.493 e. The second-order valence-electron chi connectivity index (χ2n) is 7.65. The zero-order valence-electron chi connectivity index (χ0n) is 16.6. The van der Waals surface area contributed by atoms with Crippen LogP contribution in [-0.4, -0.2) is 31.0 Å². The summed E-state index contributed by atoms with van der Waals surface area (Å²) < 4.78 is 7.19. The summed E-state index contributed by atoms with van der Waals surface area (Å²) in [7, 11) is 0. The van der Waals surface area contributed by atoms with E-state index in [-0.39, 0.29) is 0 Å². The third kappa shape index (κ3) is 4.90. The highest BCUT2D eigenvalue weighted by Gasteiger charge is 2.21. The lowest BCUT2D eigenvalue weighted by Crippen LogP contribution is -2.34. The molecule has 0 aliphatic carbocycles. The van der Waals surface area contributed by atoms with Crippen molar-refractivity contribution < 1.29 is 9.53 Å². The number of aryl methyl sites for hydroxylation is 1. The molecule has 0 bridgehead atoms. The molecule has 29 heavy (non-hydrogen) atoms. The van der Waals surface area contributed by atoms with Crippen molar-refractivity contribution in [2.75, 3.05) is 24.6 Å². The number of rotatable bonds is 7. The fraction of sp³-hybridized carbons (Fsp3) is 0.391. The summed E-state index contributed by atoms with van der Waals surface area (Å²) in [6, 6.07) is 11.9. The Morgan fingerprint density at radius 3 is 2.86 bits per heavy atom. The second kappa shape index (κ2) is 9.14. The van der Waals surface area contributed by atoms with Crippen LogP contribution >= 0.6 is 22.9 Å². The number of carbonyl (C=O) groups is 1. The first kappa shape index (κ1) is 20.2. The highest BCUT2D eigenvalue weighted by Crippen LogP contribution is 2.33. The molecule has 0 radical (unpaired) electrons. The predicted molar refractivity (Wildman–Crippen MR) is 121 cm³/mol. The maximum atomic E-state index is 10.7. The highest BCUT2D eigenvalue weighted by atomic mass is 35.5. The van der Waals surface area contributed by atoms with E-state index >= 15 is 0 Å². The number of nitrogens with zero attached hydrogens (tertiary/aromatic N) is 2. The van der Waals surface area contributed by atoms with Gasteiger partial charge in [-0.1, -0.05) is 35.1 Å². The van der Waals surface area contributed by atoms with Crippen molar-refractivity contribution in [3.63, 3.8) is 0 Å². The normalized spacial score (nSPS) is 15.0. The molecule has 0 N–H and O–H groups in total. The van der Waals surface area contributed by atoms with Gasteiger partial charge >= 0.3 is 0 Å². The average molecular weight is 429 g/mol. The zero-order valence-corrected chi connectivity index (χ0v) is 18.1. The molecule has 152 valence electrons. The Morgan fingerprint density at radius 2 is 2.07 bits per heavy atom. The Bertz CT molecular complexity index is 996. The Hall–Kier alpha value is -2.11. The van der Waals surface area contributed by atoms with Gasteiger partial charge in [0, 0.05) is 24.5 Å². The summed E-state index contributed by atoms with van der Waals surface area (Å²) in [5, 5.41) is 1.86. The van der Waals surface area contributed by atoms with E-state index in [4.69, 9.17) is 21.3 Å². The predicted octanol–water partition coefficient (Wildman–Crippen LogP) is 5.69. The van der Waals surface area contributed by atoms with E-state index in [0.29, 0.717) is 12.3 Å². The fourth-order valence-corrected chi connectivity index (χ4v) is 5.09. The van der Waals surface area contributed by atoms with Crippen LogP contribution in [0.5, 0.6) is 5.75 Å². The Kier molecular flexibility index (Phi) is 6.36. The van der Waals surface area contributed by atoms with Crippen LogP contribution < -0.4 is 9.64 Å². The van der Waals surface area contributed by atoms with E-state index in [1.165, 1.54) is 0 Å². The van der Waals surface area contributed by atoms with Crippen LogP contribution in [-0.2, 0) is 11.2 Å². The van der Waals surface area contributed by atoms with Crippen molar-refractivity contribution in [1.82, 2.24) is 4.98 Å². The zero-order chi connectivity index (χ0) is 20.2. The molecule has 1 aliphatic heterocycles. The standard InChI is InChI=1S/C23H25ClN2O2S/c1-16-2-3-18(8-12-27)14-21(16)28-13-9-17-6-10-26(11-7-17)23-25-20-5-4-19(24)15-22(20)29-23/h2-5,12,14-15,17H,6-11,13H2,1H3. The topological polar surface area (TPSA) is 42.4 Å². The number of halogens is 1. The smallest absolute Gasteiger partial charge is 0.186 e.